The third-order valence-corrected chi connectivity index (χ3v) is 5.02. The average molecular weight is 338 g/mol. The number of ether oxygens (including phenoxy) is 1. The van der Waals surface area contributed by atoms with Gasteiger partial charge in [0.05, 0.1) is 18.8 Å². The topological polar surface area (TPSA) is 127 Å². The first-order chi connectivity index (χ1) is 9.93. The van der Waals surface area contributed by atoms with Gasteiger partial charge in [-0.25, -0.2) is 4.79 Å². The van der Waals surface area contributed by atoms with E-state index >= 15 is 0 Å². The first-order valence-corrected chi connectivity index (χ1v) is 8.01. The molecule has 1 saturated heterocycles. The van der Waals surface area contributed by atoms with Crippen molar-refractivity contribution in [1.29, 1.82) is 0 Å². The molecule has 0 aromatic carbocycles. The number of hydrogen-bond donors (Lipinski definition) is 5. The maximum atomic E-state index is 11.8. The number of carboxylic acids is 1. The number of rotatable bonds is 5. The molecule has 8 heteroatoms. The fraction of sp³-hybridized carbons (Fsp3) is 0.929. The first kappa shape index (κ1) is 19.7. The van der Waals surface area contributed by atoms with Crippen LogP contribution in [-0.4, -0.2) is 72.2 Å². The molecule has 0 radical (unpaired) electrons. The van der Waals surface area contributed by atoms with Crippen molar-refractivity contribution in [2.45, 2.75) is 68.2 Å². The largest absolute Gasteiger partial charge is 0.478 e. The Kier molecular flexibility index (Phi) is 6.28. The zero-order valence-electron chi connectivity index (χ0n) is 13.3. The number of aliphatic hydroxyl groups excluding tert-OH is 4. The SMILES string of the molecule is C[C@H]1C([C@H](O)[C@H](O)CO)O[C@@](SC(C)(C)C)(C(=O)O)C[C@H]1O. The van der Waals surface area contributed by atoms with Crippen molar-refractivity contribution in [3.63, 3.8) is 0 Å². The van der Waals surface area contributed by atoms with Gasteiger partial charge >= 0.3 is 5.97 Å². The number of carboxylic acid groups (broad SMARTS) is 1. The van der Waals surface area contributed by atoms with Gasteiger partial charge in [-0.1, -0.05) is 27.7 Å². The molecule has 1 aliphatic rings. The van der Waals surface area contributed by atoms with Crippen LogP contribution < -0.4 is 0 Å². The van der Waals surface area contributed by atoms with Gasteiger partial charge in [0.15, 0.2) is 0 Å². The van der Waals surface area contributed by atoms with E-state index in [4.69, 9.17) is 9.84 Å². The van der Waals surface area contributed by atoms with Gasteiger partial charge in [0.1, 0.15) is 12.2 Å². The van der Waals surface area contributed by atoms with E-state index in [9.17, 15) is 25.2 Å². The predicted molar refractivity (Wildman–Crippen MR) is 81.5 cm³/mol. The van der Waals surface area contributed by atoms with Crippen LogP contribution in [0.3, 0.4) is 0 Å². The highest BCUT2D eigenvalue weighted by molar-refractivity contribution is 8.02. The number of aliphatic hydroxyl groups is 4. The van der Waals surface area contributed by atoms with Gasteiger partial charge < -0.3 is 30.3 Å². The lowest BCUT2D eigenvalue weighted by Gasteiger charge is -2.47. The lowest BCUT2D eigenvalue weighted by atomic mass is 9.85. The monoisotopic (exact) mass is 338 g/mol. The number of aliphatic carboxylic acids is 1. The van der Waals surface area contributed by atoms with Gasteiger partial charge in [0.25, 0.3) is 0 Å². The van der Waals surface area contributed by atoms with E-state index in [1.807, 2.05) is 20.8 Å². The van der Waals surface area contributed by atoms with E-state index in [0.717, 1.165) is 11.8 Å². The van der Waals surface area contributed by atoms with Crippen LogP contribution in [-0.2, 0) is 9.53 Å². The van der Waals surface area contributed by atoms with Crippen molar-refractivity contribution in [3.05, 3.63) is 0 Å². The van der Waals surface area contributed by atoms with Gasteiger partial charge in [0.2, 0.25) is 4.93 Å². The molecule has 7 nitrogen and oxygen atoms in total. The molecule has 22 heavy (non-hydrogen) atoms. The van der Waals surface area contributed by atoms with E-state index in [1.54, 1.807) is 6.92 Å². The normalized spacial score (nSPS) is 35.9. The quantitative estimate of drug-likeness (QED) is 0.466. The molecule has 5 N–H and O–H groups in total. The van der Waals surface area contributed by atoms with E-state index in [-0.39, 0.29) is 6.42 Å². The van der Waals surface area contributed by atoms with Gasteiger partial charge in [-0.15, -0.1) is 11.8 Å². The number of carbonyl (C=O) groups is 1. The highest BCUT2D eigenvalue weighted by Gasteiger charge is 2.54. The molecular weight excluding hydrogens is 312 g/mol. The smallest absolute Gasteiger partial charge is 0.346 e. The Balaban J connectivity index is 3.13. The number of hydrogen-bond acceptors (Lipinski definition) is 7. The first-order valence-electron chi connectivity index (χ1n) is 7.20. The third kappa shape index (κ3) is 4.33. The maximum Gasteiger partial charge on any atom is 0.346 e. The summed E-state index contributed by atoms with van der Waals surface area (Å²) in [5.41, 5.74) is 0. The lowest BCUT2D eigenvalue weighted by molar-refractivity contribution is -0.212. The molecule has 1 aliphatic heterocycles. The summed E-state index contributed by atoms with van der Waals surface area (Å²) in [5.74, 6) is -1.82. The Hall–Kier alpha value is -0.380. The summed E-state index contributed by atoms with van der Waals surface area (Å²) < 4.78 is 5.21. The number of thioether (sulfide) groups is 1. The van der Waals surface area contributed by atoms with Crippen LogP contribution in [0.4, 0.5) is 0 Å². The minimum Gasteiger partial charge on any atom is -0.478 e. The Morgan fingerprint density at radius 3 is 2.36 bits per heavy atom. The summed E-state index contributed by atoms with van der Waals surface area (Å²) in [6, 6.07) is 0. The van der Waals surface area contributed by atoms with Crippen molar-refractivity contribution in [3.8, 4) is 0 Å². The van der Waals surface area contributed by atoms with Crippen LogP contribution in [0.1, 0.15) is 34.1 Å². The summed E-state index contributed by atoms with van der Waals surface area (Å²) >= 11 is 1.04. The molecule has 0 aliphatic carbocycles. The molecule has 0 bridgehead atoms. The van der Waals surface area contributed by atoms with Gasteiger partial charge in [-0.3, -0.25) is 0 Å². The maximum absolute atomic E-state index is 11.8. The predicted octanol–water partition coefficient (Wildman–Crippen LogP) is -0.201. The fourth-order valence-corrected chi connectivity index (χ4v) is 3.99. The van der Waals surface area contributed by atoms with Crippen LogP contribution in [0.25, 0.3) is 0 Å². The third-order valence-electron chi connectivity index (χ3n) is 3.64. The molecule has 130 valence electrons. The molecule has 1 unspecified atom stereocenters. The highest BCUT2D eigenvalue weighted by atomic mass is 32.2. The second-order valence-corrected chi connectivity index (χ2v) is 8.81. The molecular formula is C14H26O7S. The lowest BCUT2D eigenvalue weighted by Crippen LogP contribution is -2.59. The van der Waals surface area contributed by atoms with Crippen molar-refractivity contribution in [1.82, 2.24) is 0 Å². The van der Waals surface area contributed by atoms with Crippen LogP contribution in [0.2, 0.25) is 0 Å². The Morgan fingerprint density at radius 2 is 1.95 bits per heavy atom. The zero-order valence-corrected chi connectivity index (χ0v) is 14.1. The molecule has 6 atom stereocenters. The molecule has 1 fully saturated rings. The van der Waals surface area contributed by atoms with Crippen molar-refractivity contribution < 1.29 is 35.1 Å². The fourth-order valence-electron chi connectivity index (χ4n) is 2.50. The van der Waals surface area contributed by atoms with Crippen LogP contribution in [0.5, 0.6) is 0 Å². The summed E-state index contributed by atoms with van der Waals surface area (Å²) in [7, 11) is 0. The molecule has 0 aromatic rings. The van der Waals surface area contributed by atoms with E-state index in [0.29, 0.717) is 0 Å². The summed E-state index contributed by atoms with van der Waals surface area (Å²) in [5, 5.41) is 48.5. The average Bonchev–Trinajstić information content (AvgIpc) is 2.39. The molecule has 1 heterocycles. The van der Waals surface area contributed by atoms with Gasteiger partial charge in [-0.2, -0.15) is 0 Å². The molecule has 0 spiro atoms. The van der Waals surface area contributed by atoms with Gasteiger partial charge in [-0.05, 0) is 0 Å². The Morgan fingerprint density at radius 1 is 1.41 bits per heavy atom. The minimum absolute atomic E-state index is 0.121. The Bertz CT molecular complexity index is 397. The van der Waals surface area contributed by atoms with Crippen molar-refractivity contribution >= 4 is 17.7 Å². The van der Waals surface area contributed by atoms with Crippen molar-refractivity contribution in [2.75, 3.05) is 6.61 Å². The summed E-state index contributed by atoms with van der Waals surface area (Å²) in [6.45, 7) is 6.39. The van der Waals surface area contributed by atoms with E-state index in [1.165, 1.54) is 0 Å². The van der Waals surface area contributed by atoms with Crippen LogP contribution >= 0.6 is 11.8 Å². The molecule has 0 amide bonds. The van der Waals surface area contributed by atoms with E-state index < -0.39 is 52.6 Å². The van der Waals surface area contributed by atoms with Crippen LogP contribution in [0, 0.1) is 5.92 Å². The second-order valence-electron chi connectivity index (χ2n) is 6.73. The zero-order chi connectivity index (χ0) is 17.3. The van der Waals surface area contributed by atoms with Crippen molar-refractivity contribution in [2.24, 2.45) is 5.92 Å². The molecule has 1 rings (SSSR count). The molecule has 0 saturated carbocycles. The van der Waals surface area contributed by atoms with Gasteiger partial charge in [0, 0.05) is 17.1 Å². The highest BCUT2D eigenvalue weighted by Crippen LogP contribution is 2.47. The summed E-state index contributed by atoms with van der Waals surface area (Å²) in [4.78, 5) is 10.0. The van der Waals surface area contributed by atoms with E-state index in [2.05, 4.69) is 0 Å². The van der Waals surface area contributed by atoms with Crippen LogP contribution in [0.15, 0.2) is 0 Å². The second kappa shape index (κ2) is 7.02. The standard InChI is InChI=1S/C14H26O7S/c1-7-8(16)5-14(12(19)20,22-13(2,3)4)21-11(7)10(18)9(17)6-15/h7-11,15-18H,5-6H2,1-4H3,(H,19,20)/t7-,8-,9-,10-,11?,14+/m1/s1. The molecule has 0 aromatic heterocycles. The minimum atomic E-state index is -1.72. The Labute approximate surface area is 134 Å². The summed E-state index contributed by atoms with van der Waals surface area (Å²) in [6.07, 6.45) is -5.19.